The molecule has 0 aliphatic rings. The number of ether oxygens (including phenoxy) is 2. The third kappa shape index (κ3) is 3.65. The molecule has 0 heterocycles. The molecule has 0 aliphatic heterocycles. The van der Waals surface area contributed by atoms with Gasteiger partial charge in [0, 0.05) is 28.2 Å². The normalized spacial score (nSPS) is 9.56. The predicted molar refractivity (Wildman–Crippen MR) is 65.9 cm³/mol. The molecule has 2 amide bonds. The third-order valence-corrected chi connectivity index (χ3v) is 1.97. The maximum atomic E-state index is 11.4. The number of carbonyl (C=O) groups excluding carboxylic acids is 2. The van der Waals surface area contributed by atoms with Crippen molar-refractivity contribution in [2.24, 2.45) is 0 Å². The molecular formula is C12H16N2O4. The van der Waals surface area contributed by atoms with E-state index >= 15 is 0 Å². The maximum Gasteiger partial charge on any atom is 0.414 e. The molecule has 0 spiro atoms. The lowest BCUT2D eigenvalue weighted by Crippen LogP contribution is -2.27. The Morgan fingerprint density at radius 3 is 1.44 bits per heavy atom. The third-order valence-electron chi connectivity index (χ3n) is 1.97. The SMILES string of the molecule is CN(C)C(=O)Oc1ccccc1OC(=O)N(C)C. The van der Waals surface area contributed by atoms with Gasteiger partial charge in [-0.15, -0.1) is 0 Å². The Labute approximate surface area is 106 Å². The van der Waals surface area contributed by atoms with Crippen LogP contribution in [0.25, 0.3) is 0 Å². The van der Waals surface area contributed by atoms with Crippen molar-refractivity contribution >= 4 is 12.2 Å². The molecule has 0 saturated heterocycles. The van der Waals surface area contributed by atoms with Gasteiger partial charge in [0.1, 0.15) is 0 Å². The van der Waals surface area contributed by atoms with Crippen LogP contribution in [0.1, 0.15) is 0 Å². The summed E-state index contributed by atoms with van der Waals surface area (Å²) in [6.07, 6.45) is -1.08. The van der Waals surface area contributed by atoms with E-state index in [1.807, 2.05) is 0 Å². The largest absolute Gasteiger partial charge is 0.414 e. The van der Waals surface area contributed by atoms with E-state index in [1.54, 1.807) is 52.5 Å². The van der Waals surface area contributed by atoms with E-state index in [9.17, 15) is 9.59 Å². The summed E-state index contributed by atoms with van der Waals surface area (Å²) < 4.78 is 10.2. The molecule has 0 aromatic heterocycles. The van der Waals surface area contributed by atoms with Crippen molar-refractivity contribution in [1.29, 1.82) is 0 Å². The van der Waals surface area contributed by atoms with Crippen LogP contribution in [0.5, 0.6) is 11.5 Å². The van der Waals surface area contributed by atoms with Gasteiger partial charge in [-0.3, -0.25) is 0 Å². The minimum atomic E-state index is -0.539. The Hall–Kier alpha value is -2.24. The fourth-order valence-electron chi connectivity index (χ4n) is 0.990. The first-order valence-corrected chi connectivity index (χ1v) is 5.29. The van der Waals surface area contributed by atoms with Gasteiger partial charge in [0.15, 0.2) is 11.5 Å². The quantitative estimate of drug-likeness (QED) is 0.805. The summed E-state index contributed by atoms with van der Waals surface area (Å²) in [6, 6.07) is 6.48. The van der Waals surface area contributed by atoms with Crippen molar-refractivity contribution in [3.05, 3.63) is 24.3 Å². The van der Waals surface area contributed by atoms with Crippen LogP contribution in [0.2, 0.25) is 0 Å². The first-order valence-electron chi connectivity index (χ1n) is 5.29. The topological polar surface area (TPSA) is 59.1 Å². The molecule has 0 bridgehead atoms. The zero-order valence-corrected chi connectivity index (χ0v) is 10.8. The highest BCUT2D eigenvalue weighted by atomic mass is 16.6. The van der Waals surface area contributed by atoms with Crippen LogP contribution in [0.3, 0.4) is 0 Å². The summed E-state index contributed by atoms with van der Waals surface area (Å²) >= 11 is 0. The Bertz CT molecular complexity index is 402. The van der Waals surface area contributed by atoms with Gasteiger partial charge >= 0.3 is 12.2 Å². The highest BCUT2D eigenvalue weighted by Crippen LogP contribution is 2.27. The molecule has 0 N–H and O–H groups in total. The van der Waals surface area contributed by atoms with Crippen LogP contribution in [-0.4, -0.2) is 50.2 Å². The van der Waals surface area contributed by atoms with Crippen molar-refractivity contribution < 1.29 is 19.1 Å². The lowest BCUT2D eigenvalue weighted by Gasteiger charge is -2.15. The summed E-state index contributed by atoms with van der Waals surface area (Å²) in [5.74, 6) is 0.401. The minimum Gasteiger partial charge on any atom is -0.406 e. The van der Waals surface area contributed by atoms with Gasteiger partial charge in [0.2, 0.25) is 0 Å². The molecular weight excluding hydrogens is 236 g/mol. The number of hydrogen-bond donors (Lipinski definition) is 0. The second kappa shape index (κ2) is 5.90. The smallest absolute Gasteiger partial charge is 0.406 e. The lowest BCUT2D eigenvalue weighted by atomic mass is 10.3. The van der Waals surface area contributed by atoms with E-state index in [-0.39, 0.29) is 11.5 Å². The number of nitrogens with zero attached hydrogens (tertiary/aromatic N) is 2. The number of rotatable bonds is 2. The Balaban J connectivity index is 2.86. The van der Waals surface area contributed by atoms with Gasteiger partial charge in [-0.1, -0.05) is 12.1 Å². The zero-order chi connectivity index (χ0) is 13.7. The van der Waals surface area contributed by atoms with E-state index in [2.05, 4.69) is 0 Å². The van der Waals surface area contributed by atoms with Crippen molar-refractivity contribution in [2.75, 3.05) is 28.2 Å². The molecule has 18 heavy (non-hydrogen) atoms. The molecule has 0 saturated carbocycles. The molecule has 1 aromatic rings. The average molecular weight is 252 g/mol. The van der Waals surface area contributed by atoms with Gasteiger partial charge in [-0.25, -0.2) is 9.59 Å². The summed E-state index contributed by atoms with van der Waals surface area (Å²) in [4.78, 5) is 25.4. The highest BCUT2D eigenvalue weighted by molar-refractivity contribution is 5.74. The lowest BCUT2D eigenvalue weighted by molar-refractivity contribution is 0.161. The molecule has 6 nitrogen and oxygen atoms in total. The standard InChI is InChI=1S/C12H16N2O4/c1-13(2)11(15)17-9-7-5-6-8-10(9)18-12(16)14(3)4/h5-8H,1-4H3. The first-order chi connectivity index (χ1) is 8.41. The Morgan fingerprint density at radius 2 is 1.17 bits per heavy atom. The second-order valence-corrected chi connectivity index (χ2v) is 3.97. The van der Waals surface area contributed by atoms with Gasteiger partial charge in [0.05, 0.1) is 0 Å². The van der Waals surface area contributed by atoms with Crippen LogP contribution >= 0.6 is 0 Å². The van der Waals surface area contributed by atoms with E-state index in [0.717, 1.165) is 0 Å². The minimum absolute atomic E-state index is 0.200. The van der Waals surface area contributed by atoms with Crippen LogP contribution in [0, 0.1) is 0 Å². The summed E-state index contributed by atoms with van der Waals surface area (Å²) in [5, 5.41) is 0. The van der Waals surface area contributed by atoms with E-state index in [1.165, 1.54) is 9.80 Å². The second-order valence-electron chi connectivity index (χ2n) is 3.97. The average Bonchev–Trinajstić information content (AvgIpc) is 2.31. The molecule has 0 atom stereocenters. The number of para-hydroxylation sites is 2. The molecule has 0 aliphatic carbocycles. The molecule has 0 fully saturated rings. The van der Waals surface area contributed by atoms with E-state index in [0.29, 0.717) is 0 Å². The molecule has 1 rings (SSSR count). The monoisotopic (exact) mass is 252 g/mol. The fraction of sp³-hybridized carbons (Fsp3) is 0.333. The summed E-state index contributed by atoms with van der Waals surface area (Å²) in [7, 11) is 6.26. The van der Waals surface area contributed by atoms with Crippen molar-refractivity contribution in [3.8, 4) is 11.5 Å². The van der Waals surface area contributed by atoms with Crippen molar-refractivity contribution in [1.82, 2.24) is 9.80 Å². The maximum absolute atomic E-state index is 11.4. The number of benzene rings is 1. The number of amides is 2. The fourth-order valence-corrected chi connectivity index (χ4v) is 0.990. The Morgan fingerprint density at radius 1 is 0.833 bits per heavy atom. The number of carbonyl (C=O) groups is 2. The van der Waals surface area contributed by atoms with Gasteiger partial charge < -0.3 is 19.3 Å². The van der Waals surface area contributed by atoms with Crippen LogP contribution < -0.4 is 9.47 Å². The van der Waals surface area contributed by atoms with Crippen molar-refractivity contribution in [2.45, 2.75) is 0 Å². The molecule has 0 radical (unpaired) electrons. The van der Waals surface area contributed by atoms with Crippen molar-refractivity contribution in [3.63, 3.8) is 0 Å². The van der Waals surface area contributed by atoms with Gasteiger partial charge in [0.25, 0.3) is 0 Å². The molecule has 6 heteroatoms. The molecule has 0 unspecified atom stereocenters. The van der Waals surface area contributed by atoms with Gasteiger partial charge in [-0.05, 0) is 12.1 Å². The van der Waals surface area contributed by atoms with E-state index in [4.69, 9.17) is 9.47 Å². The molecule has 1 aromatic carbocycles. The van der Waals surface area contributed by atoms with E-state index < -0.39 is 12.2 Å². The Kier molecular flexibility index (Phi) is 4.53. The van der Waals surface area contributed by atoms with Crippen LogP contribution in [-0.2, 0) is 0 Å². The zero-order valence-electron chi connectivity index (χ0n) is 10.8. The predicted octanol–water partition coefficient (Wildman–Crippen LogP) is 1.81. The first kappa shape index (κ1) is 13.8. The number of hydrogen-bond acceptors (Lipinski definition) is 4. The van der Waals surface area contributed by atoms with Gasteiger partial charge in [-0.2, -0.15) is 0 Å². The highest BCUT2D eigenvalue weighted by Gasteiger charge is 2.14. The van der Waals surface area contributed by atoms with Crippen LogP contribution in [0.15, 0.2) is 24.3 Å². The molecule has 98 valence electrons. The summed E-state index contributed by atoms with van der Waals surface area (Å²) in [6.45, 7) is 0. The summed E-state index contributed by atoms with van der Waals surface area (Å²) in [5.41, 5.74) is 0. The van der Waals surface area contributed by atoms with Crippen LogP contribution in [0.4, 0.5) is 9.59 Å².